The Balaban J connectivity index is 1.95. The zero-order chi connectivity index (χ0) is 19.7. The number of amides is 1. The molecule has 0 atom stereocenters. The first-order valence-corrected chi connectivity index (χ1v) is 8.76. The van der Waals surface area contributed by atoms with Crippen molar-refractivity contribution in [1.29, 1.82) is 0 Å². The standard InChI is InChI=1S/C16H9Cl2N3O5S/c17-9-5-8(12(18)27-9)14(23)19-7-3-1-2-6(4-7)13-20-10(16(25)26)11(22)15(24)21-13/h1-5,22H,(H,19,23)(H,25,26)(H,20,21,24). The van der Waals surface area contributed by atoms with Crippen molar-refractivity contribution in [2.45, 2.75) is 0 Å². The molecule has 2 heterocycles. The molecular formula is C16H9Cl2N3O5S. The predicted octanol–water partition coefficient (Wildman–Crippen LogP) is 3.46. The number of aromatic nitrogens is 2. The van der Waals surface area contributed by atoms with Crippen LogP contribution in [-0.4, -0.2) is 32.1 Å². The number of nitrogens with zero attached hydrogens (tertiary/aromatic N) is 1. The Labute approximate surface area is 165 Å². The fourth-order valence-corrected chi connectivity index (χ4v) is 3.65. The summed E-state index contributed by atoms with van der Waals surface area (Å²) in [6, 6.07) is 7.61. The predicted molar refractivity (Wildman–Crippen MR) is 101 cm³/mol. The number of halogens is 2. The number of anilines is 1. The molecule has 0 saturated carbocycles. The first-order chi connectivity index (χ1) is 12.8. The van der Waals surface area contributed by atoms with Crippen LogP contribution in [-0.2, 0) is 0 Å². The number of carboxylic acid groups (broad SMARTS) is 1. The number of carbonyl (C=O) groups is 2. The molecule has 2 aromatic heterocycles. The maximum atomic E-state index is 12.3. The maximum Gasteiger partial charge on any atom is 0.358 e. The summed E-state index contributed by atoms with van der Waals surface area (Å²) in [6.45, 7) is 0. The molecule has 11 heteroatoms. The summed E-state index contributed by atoms with van der Waals surface area (Å²) in [5, 5.41) is 21.2. The molecule has 0 aliphatic rings. The minimum Gasteiger partial charge on any atom is -0.501 e. The summed E-state index contributed by atoms with van der Waals surface area (Å²) in [7, 11) is 0. The van der Waals surface area contributed by atoms with E-state index in [1.807, 2.05) is 0 Å². The molecule has 27 heavy (non-hydrogen) atoms. The molecule has 4 N–H and O–H groups in total. The highest BCUT2D eigenvalue weighted by molar-refractivity contribution is 7.20. The van der Waals surface area contributed by atoms with Crippen molar-refractivity contribution in [3.63, 3.8) is 0 Å². The highest BCUT2D eigenvalue weighted by Gasteiger charge is 2.18. The van der Waals surface area contributed by atoms with E-state index in [-0.39, 0.29) is 15.7 Å². The summed E-state index contributed by atoms with van der Waals surface area (Å²) in [4.78, 5) is 41.2. The molecule has 0 spiro atoms. The second-order valence-electron chi connectivity index (χ2n) is 5.19. The molecule has 0 radical (unpaired) electrons. The van der Waals surface area contributed by atoms with E-state index in [9.17, 15) is 19.5 Å². The molecule has 0 aliphatic heterocycles. The third kappa shape index (κ3) is 3.95. The fraction of sp³-hybridized carbons (Fsp3) is 0. The quantitative estimate of drug-likeness (QED) is 0.505. The van der Waals surface area contributed by atoms with Gasteiger partial charge in [-0.15, -0.1) is 11.3 Å². The van der Waals surface area contributed by atoms with Gasteiger partial charge in [-0.25, -0.2) is 9.78 Å². The van der Waals surface area contributed by atoms with Crippen molar-refractivity contribution in [3.05, 3.63) is 60.6 Å². The summed E-state index contributed by atoms with van der Waals surface area (Å²) in [5.74, 6) is -3.10. The number of carboxylic acids is 1. The van der Waals surface area contributed by atoms with Gasteiger partial charge in [-0.3, -0.25) is 9.59 Å². The largest absolute Gasteiger partial charge is 0.501 e. The second-order valence-corrected chi connectivity index (χ2v) is 7.48. The van der Waals surface area contributed by atoms with Gasteiger partial charge >= 0.3 is 5.97 Å². The van der Waals surface area contributed by atoms with E-state index in [2.05, 4.69) is 15.3 Å². The summed E-state index contributed by atoms with van der Waals surface area (Å²) in [5.41, 5.74) is -0.888. The Kier molecular flexibility index (Phi) is 5.17. The normalized spacial score (nSPS) is 10.6. The zero-order valence-corrected chi connectivity index (χ0v) is 15.4. The Morgan fingerprint density at radius 3 is 2.59 bits per heavy atom. The van der Waals surface area contributed by atoms with Gasteiger partial charge in [-0.1, -0.05) is 35.3 Å². The van der Waals surface area contributed by atoms with Crippen molar-refractivity contribution in [1.82, 2.24) is 9.97 Å². The number of aromatic hydroxyl groups is 1. The van der Waals surface area contributed by atoms with Gasteiger partial charge < -0.3 is 20.5 Å². The fourth-order valence-electron chi connectivity index (χ4n) is 2.19. The van der Waals surface area contributed by atoms with E-state index >= 15 is 0 Å². The van der Waals surface area contributed by atoms with Crippen molar-refractivity contribution < 1.29 is 19.8 Å². The van der Waals surface area contributed by atoms with Crippen molar-refractivity contribution in [2.24, 2.45) is 0 Å². The zero-order valence-electron chi connectivity index (χ0n) is 13.1. The van der Waals surface area contributed by atoms with Crippen LogP contribution in [0.15, 0.2) is 35.1 Å². The van der Waals surface area contributed by atoms with E-state index in [1.54, 1.807) is 18.2 Å². The number of aromatic amines is 1. The van der Waals surface area contributed by atoms with Crippen molar-refractivity contribution in [2.75, 3.05) is 5.32 Å². The SMILES string of the molecule is O=C(Nc1cccc(-c2nc(C(=O)O)c(O)c(=O)[nH]2)c1)c1cc(Cl)sc1Cl. The van der Waals surface area contributed by atoms with Crippen LogP contribution < -0.4 is 10.9 Å². The highest BCUT2D eigenvalue weighted by atomic mass is 35.5. The third-order valence-electron chi connectivity index (χ3n) is 3.39. The van der Waals surface area contributed by atoms with Crippen molar-refractivity contribution >= 4 is 52.1 Å². The maximum absolute atomic E-state index is 12.3. The number of H-pyrrole nitrogens is 1. The molecule has 0 aliphatic carbocycles. The average Bonchev–Trinajstić information content (AvgIpc) is 2.95. The van der Waals surface area contributed by atoms with Crippen LogP contribution in [0.2, 0.25) is 8.67 Å². The third-order valence-corrected chi connectivity index (χ3v) is 4.88. The van der Waals surface area contributed by atoms with Gasteiger partial charge in [0.1, 0.15) is 10.2 Å². The first kappa shape index (κ1) is 18.9. The molecule has 8 nitrogen and oxygen atoms in total. The molecule has 3 aromatic rings. The lowest BCUT2D eigenvalue weighted by atomic mass is 10.1. The van der Waals surface area contributed by atoms with Crippen molar-refractivity contribution in [3.8, 4) is 17.1 Å². The van der Waals surface area contributed by atoms with Crippen LogP contribution in [0.3, 0.4) is 0 Å². The molecule has 0 fully saturated rings. The van der Waals surface area contributed by atoms with Gasteiger partial charge in [0.2, 0.25) is 5.75 Å². The Bertz CT molecular complexity index is 1130. The summed E-state index contributed by atoms with van der Waals surface area (Å²) < 4.78 is 0.607. The molecule has 1 amide bonds. The molecule has 3 rings (SSSR count). The lowest BCUT2D eigenvalue weighted by molar-refractivity contribution is 0.0686. The second kappa shape index (κ2) is 7.39. The minimum absolute atomic E-state index is 0.0806. The lowest BCUT2D eigenvalue weighted by Gasteiger charge is -2.08. The first-order valence-electron chi connectivity index (χ1n) is 7.19. The molecule has 138 valence electrons. The van der Waals surface area contributed by atoms with Gasteiger partial charge in [0.15, 0.2) is 5.69 Å². The summed E-state index contributed by atoms with van der Waals surface area (Å²) >= 11 is 12.8. The van der Waals surface area contributed by atoms with E-state index < -0.39 is 28.9 Å². The van der Waals surface area contributed by atoms with Crippen LogP contribution in [0.5, 0.6) is 5.75 Å². The van der Waals surface area contributed by atoms with E-state index in [4.69, 9.17) is 28.3 Å². The van der Waals surface area contributed by atoms with Crippen LogP contribution >= 0.6 is 34.5 Å². The smallest absolute Gasteiger partial charge is 0.358 e. The van der Waals surface area contributed by atoms with E-state index in [0.717, 1.165) is 11.3 Å². The Morgan fingerprint density at radius 1 is 1.22 bits per heavy atom. The highest BCUT2D eigenvalue weighted by Crippen LogP contribution is 2.31. The molecular weight excluding hydrogens is 417 g/mol. The number of carbonyl (C=O) groups excluding carboxylic acids is 1. The van der Waals surface area contributed by atoms with E-state index in [1.165, 1.54) is 12.1 Å². The molecule has 0 bridgehead atoms. The van der Waals surface area contributed by atoms with Crippen LogP contribution in [0, 0.1) is 0 Å². The number of rotatable bonds is 4. The lowest BCUT2D eigenvalue weighted by Crippen LogP contribution is -2.15. The average molecular weight is 426 g/mol. The topological polar surface area (TPSA) is 132 Å². The number of aromatic carboxylic acids is 1. The van der Waals surface area contributed by atoms with Gasteiger partial charge in [0, 0.05) is 11.3 Å². The molecule has 0 saturated heterocycles. The molecule has 0 unspecified atom stereocenters. The Hall–Kier alpha value is -2.88. The Morgan fingerprint density at radius 2 is 1.96 bits per heavy atom. The number of nitrogens with one attached hydrogen (secondary N) is 2. The molecule has 1 aromatic carbocycles. The number of thiophene rings is 1. The van der Waals surface area contributed by atoms with Gasteiger partial charge in [-0.05, 0) is 18.2 Å². The minimum atomic E-state index is -1.55. The number of hydrogen-bond donors (Lipinski definition) is 4. The van der Waals surface area contributed by atoms with Gasteiger partial charge in [0.25, 0.3) is 11.5 Å². The monoisotopic (exact) mass is 425 g/mol. The van der Waals surface area contributed by atoms with Gasteiger partial charge in [0.05, 0.1) is 9.90 Å². The van der Waals surface area contributed by atoms with Crippen LogP contribution in [0.1, 0.15) is 20.8 Å². The summed E-state index contributed by atoms with van der Waals surface area (Å²) in [6.07, 6.45) is 0. The van der Waals surface area contributed by atoms with E-state index in [0.29, 0.717) is 15.6 Å². The van der Waals surface area contributed by atoms with Crippen LogP contribution in [0.25, 0.3) is 11.4 Å². The number of hydrogen-bond acceptors (Lipinski definition) is 6. The number of benzene rings is 1. The van der Waals surface area contributed by atoms with Gasteiger partial charge in [-0.2, -0.15) is 0 Å². The van der Waals surface area contributed by atoms with Crippen LogP contribution in [0.4, 0.5) is 5.69 Å².